The van der Waals surface area contributed by atoms with E-state index in [9.17, 15) is 0 Å². The molecule has 0 N–H and O–H groups in total. The van der Waals surface area contributed by atoms with Crippen LogP contribution in [0.1, 0.15) is 0 Å². The van der Waals surface area contributed by atoms with Gasteiger partial charge in [0.2, 0.25) is 11.9 Å². The van der Waals surface area contributed by atoms with Crippen LogP contribution in [0.4, 0.5) is 0 Å². The number of benzene rings is 10. The number of rotatable bonds is 9. The third kappa shape index (κ3) is 6.64. The Balaban J connectivity index is 1.12. The van der Waals surface area contributed by atoms with Gasteiger partial charge in [-0.2, -0.15) is 15.0 Å². The molecule has 0 amide bonds. The number of hydrogen-bond acceptors (Lipinski definition) is 3. The topological polar surface area (TPSA) is 48.5 Å². The van der Waals surface area contributed by atoms with Crippen LogP contribution in [0.25, 0.3) is 89.2 Å². The third-order valence-electron chi connectivity index (χ3n) is 13.7. The summed E-state index contributed by atoms with van der Waals surface area (Å²) in [7, 11) is -3.03. The summed E-state index contributed by atoms with van der Waals surface area (Å²) in [5.74, 6) is 1.68. The number of para-hydroxylation sites is 4. The molecule has 0 unspecified atom stereocenters. The summed E-state index contributed by atoms with van der Waals surface area (Å²) in [6.45, 7) is 0. The molecule has 5 nitrogen and oxygen atoms in total. The largest absolute Gasteiger partial charge is 0.278 e. The maximum Gasteiger partial charge on any atom is 0.240 e. The minimum atomic E-state index is -3.03. The molecule has 324 valence electrons. The van der Waals surface area contributed by atoms with E-state index in [0.29, 0.717) is 17.7 Å². The summed E-state index contributed by atoms with van der Waals surface area (Å²) in [6, 6.07) is 94.0. The quantitative estimate of drug-likeness (QED) is 0.107. The highest BCUT2D eigenvalue weighted by Crippen LogP contribution is 2.38. The predicted octanol–water partition coefficient (Wildman–Crippen LogP) is 12.4. The van der Waals surface area contributed by atoms with Gasteiger partial charge in [-0.15, -0.1) is 0 Å². The normalized spacial score (nSPS) is 11.8. The fourth-order valence-electron chi connectivity index (χ4n) is 10.7. The van der Waals surface area contributed by atoms with E-state index in [1.165, 1.54) is 31.9 Å². The summed E-state index contributed by atoms with van der Waals surface area (Å²) in [5, 5.41) is 9.65. The van der Waals surface area contributed by atoms with Crippen LogP contribution in [-0.2, 0) is 0 Å². The zero-order valence-electron chi connectivity index (χ0n) is 37.6. The summed E-state index contributed by atoms with van der Waals surface area (Å²) in [5.41, 5.74) is 9.63. The lowest BCUT2D eigenvalue weighted by Crippen LogP contribution is -2.74. The highest BCUT2D eigenvalue weighted by Gasteiger charge is 2.42. The summed E-state index contributed by atoms with van der Waals surface area (Å²) in [4.78, 5) is 16.7. The highest BCUT2D eigenvalue weighted by molar-refractivity contribution is 7.20. The van der Waals surface area contributed by atoms with Crippen molar-refractivity contribution in [3.63, 3.8) is 0 Å². The molecule has 0 saturated heterocycles. The third-order valence-corrected chi connectivity index (χ3v) is 18.5. The smallest absolute Gasteiger partial charge is 0.240 e. The highest BCUT2D eigenvalue weighted by atomic mass is 28.3. The molecule has 0 aliphatic rings. The summed E-state index contributed by atoms with van der Waals surface area (Å²) in [6.07, 6.45) is 0. The molecular formula is C63H43N5Si. The lowest BCUT2D eigenvalue weighted by Gasteiger charge is -2.35. The van der Waals surface area contributed by atoms with Gasteiger partial charge in [0.05, 0.1) is 22.1 Å². The molecule has 0 radical (unpaired) electrons. The molecule has 0 atom stereocenters. The molecule has 6 heteroatoms. The maximum absolute atomic E-state index is 5.59. The molecule has 69 heavy (non-hydrogen) atoms. The Hall–Kier alpha value is -8.97. The molecular weight excluding hydrogens is 855 g/mol. The van der Waals surface area contributed by atoms with Crippen LogP contribution in [0, 0.1) is 0 Å². The Morgan fingerprint density at radius 1 is 0.275 bits per heavy atom. The van der Waals surface area contributed by atoms with Gasteiger partial charge < -0.3 is 0 Å². The first-order chi connectivity index (χ1) is 34.2. The van der Waals surface area contributed by atoms with Crippen molar-refractivity contribution in [2.45, 2.75) is 0 Å². The monoisotopic (exact) mass is 897 g/mol. The van der Waals surface area contributed by atoms with Crippen LogP contribution >= 0.6 is 0 Å². The van der Waals surface area contributed by atoms with E-state index in [2.05, 4.69) is 270 Å². The number of nitrogens with zero attached hydrogens (tertiary/aromatic N) is 5. The van der Waals surface area contributed by atoms with E-state index in [1.807, 2.05) is 0 Å². The van der Waals surface area contributed by atoms with Crippen molar-refractivity contribution < 1.29 is 0 Å². The van der Waals surface area contributed by atoms with E-state index >= 15 is 0 Å². The van der Waals surface area contributed by atoms with Gasteiger partial charge >= 0.3 is 0 Å². The molecule has 3 heterocycles. The molecule has 3 aromatic heterocycles. The van der Waals surface area contributed by atoms with Crippen molar-refractivity contribution in [2.75, 3.05) is 0 Å². The lowest BCUT2D eigenvalue weighted by atomic mass is 10.0. The zero-order valence-corrected chi connectivity index (χ0v) is 38.6. The zero-order chi connectivity index (χ0) is 45.7. The van der Waals surface area contributed by atoms with E-state index in [-0.39, 0.29) is 0 Å². The molecule has 0 fully saturated rings. The molecule has 13 aromatic rings. The Morgan fingerprint density at radius 2 is 0.667 bits per heavy atom. The molecule has 0 spiro atoms. The van der Waals surface area contributed by atoms with E-state index < -0.39 is 8.07 Å². The van der Waals surface area contributed by atoms with E-state index in [0.717, 1.165) is 60.3 Å². The van der Waals surface area contributed by atoms with Crippen LogP contribution in [0.3, 0.4) is 0 Å². The summed E-state index contributed by atoms with van der Waals surface area (Å²) < 4.78 is 4.46. The van der Waals surface area contributed by atoms with Crippen LogP contribution in [0.5, 0.6) is 0 Å². The van der Waals surface area contributed by atoms with Gasteiger partial charge in [0, 0.05) is 32.7 Å². The predicted molar refractivity (Wildman–Crippen MR) is 288 cm³/mol. The minimum absolute atomic E-state index is 0.544. The van der Waals surface area contributed by atoms with Crippen molar-refractivity contribution in [1.82, 2.24) is 24.1 Å². The van der Waals surface area contributed by atoms with Gasteiger partial charge in [0.25, 0.3) is 0 Å². The standard InChI is InChI=1S/C63H43N5Si/c1-5-22-44(23-6-1)46-26-19-32-50(42-46)69(48-28-9-3-10-29-48,49-30-11-4-12-31-49)51-33-20-27-47(43-51)61-64-62(67-57-39-16-13-34-53(57)54-35-14-17-40-58(54)67)66-63(65-61)68-59-41-18-15-36-55(59)56-38-21-37-52(60(56)68)45-24-7-2-8-25-45/h1-43H. The molecule has 0 bridgehead atoms. The van der Waals surface area contributed by atoms with Gasteiger partial charge in [-0.05, 0) is 55.6 Å². The van der Waals surface area contributed by atoms with Gasteiger partial charge in [0.15, 0.2) is 13.9 Å². The molecule has 0 aliphatic heterocycles. The van der Waals surface area contributed by atoms with Crippen LogP contribution in [0.2, 0.25) is 0 Å². The van der Waals surface area contributed by atoms with Crippen molar-refractivity contribution in [3.8, 4) is 45.5 Å². The first kappa shape index (κ1) is 40.3. The molecule has 0 saturated carbocycles. The second kappa shape index (κ2) is 16.7. The molecule has 10 aromatic carbocycles. The number of fused-ring (bicyclic) bond motifs is 6. The summed E-state index contributed by atoms with van der Waals surface area (Å²) >= 11 is 0. The fraction of sp³-hybridized carbons (Fsp3) is 0. The lowest BCUT2D eigenvalue weighted by molar-refractivity contribution is 0.893. The molecule has 0 aliphatic carbocycles. The van der Waals surface area contributed by atoms with E-state index in [1.54, 1.807) is 0 Å². The first-order valence-electron chi connectivity index (χ1n) is 23.4. The van der Waals surface area contributed by atoms with Crippen LogP contribution < -0.4 is 20.7 Å². The molecule has 13 rings (SSSR count). The Kier molecular flexibility index (Phi) is 9.77. The maximum atomic E-state index is 5.59. The van der Waals surface area contributed by atoms with Crippen molar-refractivity contribution in [2.24, 2.45) is 0 Å². The van der Waals surface area contributed by atoms with Gasteiger partial charge in [-0.3, -0.25) is 9.13 Å². The van der Waals surface area contributed by atoms with Crippen LogP contribution in [0.15, 0.2) is 261 Å². The van der Waals surface area contributed by atoms with Gasteiger partial charge in [-0.1, -0.05) is 243 Å². The van der Waals surface area contributed by atoms with Crippen LogP contribution in [-0.4, -0.2) is 32.2 Å². The fourth-order valence-corrected chi connectivity index (χ4v) is 15.5. The number of hydrogen-bond donors (Lipinski definition) is 0. The average molecular weight is 898 g/mol. The minimum Gasteiger partial charge on any atom is -0.278 e. The van der Waals surface area contributed by atoms with Gasteiger partial charge in [-0.25, -0.2) is 0 Å². The van der Waals surface area contributed by atoms with E-state index in [4.69, 9.17) is 15.0 Å². The Labute approximate surface area is 400 Å². The van der Waals surface area contributed by atoms with Crippen molar-refractivity contribution >= 4 is 72.4 Å². The Bertz CT molecular complexity index is 3920. The number of aromatic nitrogens is 5. The van der Waals surface area contributed by atoms with Gasteiger partial charge in [0.1, 0.15) is 0 Å². The SMILES string of the molecule is c1ccc(-c2cccc([Si](c3ccccc3)(c3ccccc3)c3cccc(-c4nc(-n5c6ccccc6c6ccccc65)nc(-n5c6ccccc6c6cccc(-c7ccccc7)c65)n4)c3)c2)cc1. The second-order valence-electron chi connectivity index (χ2n) is 17.6. The Morgan fingerprint density at radius 3 is 1.25 bits per heavy atom. The average Bonchev–Trinajstić information content (AvgIpc) is 3.96. The van der Waals surface area contributed by atoms with Crippen molar-refractivity contribution in [3.05, 3.63) is 261 Å². The van der Waals surface area contributed by atoms with Crippen molar-refractivity contribution in [1.29, 1.82) is 0 Å². The second-order valence-corrected chi connectivity index (χ2v) is 21.4. The first-order valence-corrected chi connectivity index (χ1v) is 25.4.